The van der Waals surface area contributed by atoms with Gasteiger partial charge in [0.05, 0.1) is 0 Å². The summed E-state index contributed by atoms with van der Waals surface area (Å²) in [5.41, 5.74) is 5.15. The van der Waals surface area contributed by atoms with Gasteiger partial charge >= 0.3 is 178 Å². The van der Waals surface area contributed by atoms with Crippen molar-refractivity contribution in [1.29, 1.82) is 0 Å². The minimum atomic E-state index is -4.57. The van der Waals surface area contributed by atoms with Crippen molar-refractivity contribution in [3.63, 3.8) is 0 Å². The maximum absolute atomic E-state index is 7.92. The first-order valence-electron chi connectivity index (χ1n) is 9.59. The van der Waals surface area contributed by atoms with Gasteiger partial charge in [-0.15, -0.1) is 0 Å². The van der Waals surface area contributed by atoms with E-state index < -0.39 is 13.1 Å². The van der Waals surface area contributed by atoms with E-state index in [0.29, 0.717) is 0 Å². The van der Waals surface area contributed by atoms with Crippen LogP contribution in [0.4, 0.5) is 0 Å². The summed E-state index contributed by atoms with van der Waals surface area (Å²) in [7, 11) is 15.6. The second-order valence-corrected chi connectivity index (χ2v) is 56.6. The molecule has 0 amide bonds. The maximum atomic E-state index is 7.92. The van der Waals surface area contributed by atoms with Crippen molar-refractivity contribution in [2.24, 2.45) is 0 Å². The predicted octanol–water partition coefficient (Wildman–Crippen LogP) is 6.46. The van der Waals surface area contributed by atoms with Gasteiger partial charge in [-0.1, -0.05) is 0 Å². The first-order chi connectivity index (χ1) is 13.6. The van der Waals surface area contributed by atoms with E-state index in [2.05, 4.69) is 103 Å². The first kappa shape index (κ1) is 19.1. The Morgan fingerprint density at radius 3 is 1.61 bits per heavy atom. The number of halogens is 2. The number of hydrogen-bond donors (Lipinski definition) is 0. The van der Waals surface area contributed by atoms with Crippen LogP contribution in [0, 0.1) is 0 Å². The molecule has 0 spiro atoms. The van der Waals surface area contributed by atoms with Gasteiger partial charge in [0.15, 0.2) is 0 Å². The molecule has 0 saturated carbocycles. The Kier molecular flexibility index (Phi) is 4.86. The zero-order valence-corrected chi connectivity index (χ0v) is 21.6. The average Bonchev–Trinajstić information content (AvgIpc) is 3.34. The van der Waals surface area contributed by atoms with E-state index in [-0.39, 0.29) is 18.3 Å². The Balaban J connectivity index is 1.79. The Hall–Kier alpha value is -0.877. The first-order valence-corrected chi connectivity index (χ1v) is 30.0. The van der Waals surface area contributed by atoms with Crippen molar-refractivity contribution in [2.75, 3.05) is 0 Å². The molecule has 0 radical (unpaired) electrons. The van der Waals surface area contributed by atoms with Crippen molar-refractivity contribution in [1.82, 2.24) is 0 Å². The molecule has 5 rings (SSSR count). The molecule has 0 bridgehead atoms. The molecule has 0 nitrogen and oxygen atoms in total. The molecule has 0 N–H and O–H groups in total. The second-order valence-electron chi connectivity index (χ2n) is 7.71. The third-order valence-electron chi connectivity index (χ3n) is 6.03. The Labute approximate surface area is 177 Å². The summed E-state index contributed by atoms with van der Waals surface area (Å²) >= 11 is -4.57. The molecule has 0 aliphatic heterocycles. The second kappa shape index (κ2) is 7.12. The molecular weight excluding hydrogens is 565 g/mol. The summed E-state index contributed by atoms with van der Waals surface area (Å²) in [6.45, 7) is 0. The topological polar surface area (TPSA) is 0 Å². The quantitative estimate of drug-likeness (QED) is 0.311. The average molecular weight is 584 g/mol. The fourth-order valence-electron chi connectivity index (χ4n) is 4.70. The molecular formula is C24H19AlCl2Hf. The molecule has 2 unspecified atom stereocenters. The summed E-state index contributed by atoms with van der Waals surface area (Å²) < 4.78 is 1.61. The van der Waals surface area contributed by atoms with Gasteiger partial charge in [-0.2, -0.15) is 0 Å². The minimum absolute atomic E-state index is 0.146. The van der Waals surface area contributed by atoms with E-state index >= 15 is 0 Å². The normalized spacial score (nSPS) is 20.0. The van der Waals surface area contributed by atoms with E-state index in [4.69, 9.17) is 17.2 Å². The third-order valence-corrected chi connectivity index (χ3v) is 47.9. The zero-order valence-electron chi connectivity index (χ0n) is 15.3. The van der Waals surface area contributed by atoms with Gasteiger partial charge in [-0.3, -0.25) is 0 Å². The summed E-state index contributed by atoms with van der Waals surface area (Å²) in [5, 5.41) is 0. The number of fused-ring (bicyclic) bond motifs is 2. The van der Waals surface area contributed by atoms with Crippen molar-refractivity contribution in [2.45, 2.75) is 7.35 Å². The van der Waals surface area contributed by atoms with Crippen LogP contribution in [-0.2, 0) is 13.1 Å². The molecule has 2 aliphatic rings. The van der Waals surface area contributed by atoms with Crippen molar-refractivity contribution in [3.05, 3.63) is 113 Å². The predicted molar refractivity (Wildman–Crippen MR) is 120 cm³/mol. The van der Waals surface area contributed by atoms with Gasteiger partial charge in [0, 0.05) is 0 Å². The van der Waals surface area contributed by atoms with Crippen LogP contribution in [-0.4, -0.2) is 11.0 Å². The molecule has 4 heteroatoms. The van der Waals surface area contributed by atoms with E-state index in [9.17, 15) is 0 Å². The Morgan fingerprint density at radius 2 is 1.07 bits per heavy atom. The number of rotatable bonds is 3. The summed E-state index contributed by atoms with van der Waals surface area (Å²) in [6, 6.07) is 27.9. The summed E-state index contributed by atoms with van der Waals surface area (Å²) in [6.07, 6.45) is 9.03. The van der Waals surface area contributed by atoms with Crippen LogP contribution in [0.25, 0.3) is 12.2 Å². The molecule has 0 saturated heterocycles. The monoisotopic (exact) mass is 584 g/mol. The van der Waals surface area contributed by atoms with Crippen LogP contribution in [0.1, 0.15) is 29.6 Å². The van der Waals surface area contributed by atoms with E-state index in [0.717, 1.165) is 0 Å². The van der Waals surface area contributed by atoms with Gasteiger partial charge in [-0.25, -0.2) is 0 Å². The van der Waals surface area contributed by atoms with Crippen molar-refractivity contribution in [3.8, 4) is 0 Å². The molecule has 2 atom stereocenters. The Bertz CT molecular complexity index is 1120. The van der Waals surface area contributed by atoms with E-state index in [1.165, 1.54) is 26.7 Å². The van der Waals surface area contributed by atoms with Crippen LogP contribution in [0.2, 0.25) is 0 Å². The number of benzene rings is 3. The molecule has 28 heavy (non-hydrogen) atoms. The van der Waals surface area contributed by atoms with Crippen molar-refractivity contribution < 1.29 is 13.1 Å². The molecule has 0 heterocycles. The molecule has 0 fully saturated rings. The van der Waals surface area contributed by atoms with Crippen molar-refractivity contribution >= 4 is 44.7 Å². The van der Waals surface area contributed by atoms with Crippen LogP contribution in [0.3, 0.4) is 0 Å². The summed E-state index contributed by atoms with van der Waals surface area (Å²) in [4.78, 5) is 0. The Morgan fingerprint density at radius 1 is 0.607 bits per heavy atom. The van der Waals surface area contributed by atoms with Gasteiger partial charge in [0.1, 0.15) is 0 Å². The van der Waals surface area contributed by atoms with Crippen LogP contribution in [0.5, 0.6) is 0 Å². The molecule has 3 aromatic rings. The molecule has 136 valence electrons. The number of allylic oxidation sites excluding steroid dienone is 2. The van der Waals surface area contributed by atoms with E-state index in [1.54, 1.807) is 0 Å². The fourth-order valence-corrected chi connectivity index (χ4v) is 47.0. The van der Waals surface area contributed by atoms with Gasteiger partial charge < -0.3 is 0 Å². The molecule has 2 aliphatic carbocycles. The van der Waals surface area contributed by atoms with Gasteiger partial charge in [0.2, 0.25) is 0 Å². The number of hydrogen-bond acceptors (Lipinski definition) is 0. The summed E-state index contributed by atoms with van der Waals surface area (Å²) in [5.74, 6) is 0. The van der Waals surface area contributed by atoms with Crippen LogP contribution in [0.15, 0.2) is 91.0 Å². The standard InChI is InChI=1S/2C9H7.C6H5.Al.2ClH.Hf/c2*1-2-5-9-7-3-6-8(9)4-1;1-2-4-6-5-3-1;;;;/h2*1-7H;1-5H;;2*1H;/q;;;;;;+2/p-2. The molecule has 0 aromatic heterocycles. The third kappa shape index (κ3) is 3.06. The van der Waals surface area contributed by atoms with E-state index in [1.807, 2.05) is 0 Å². The van der Waals surface area contributed by atoms with Crippen LogP contribution < -0.4 is 4.43 Å². The molecule has 3 aromatic carbocycles. The van der Waals surface area contributed by atoms with Crippen LogP contribution >= 0.6 is 17.2 Å². The zero-order chi connectivity index (χ0) is 19.2. The fraction of sp³-hybridized carbons (Fsp3) is 0.0833. The SMILES string of the molecule is [Cl][Hf]([Cl])(=[Al][c]1ccccc1)([CH]1C=Cc2ccccc21)[CH]1C=Cc2ccccc21. The van der Waals surface area contributed by atoms with Gasteiger partial charge in [-0.05, 0) is 0 Å². The van der Waals surface area contributed by atoms with Gasteiger partial charge in [0.25, 0.3) is 0 Å².